The lowest BCUT2D eigenvalue weighted by atomic mass is 10.1. The van der Waals surface area contributed by atoms with Crippen LogP contribution in [0.25, 0.3) is 0 Å². The fourth-order valence-corrected chi connectivity index (χ4v) is 3.99. The first-order valence-corrected chi connectivity index (χ1v) is 11.8. The van der Waals surface area contributed by atoms with Gasteiger partial charge in [0, 0.05) is 6.54 Å². The molecule has 0 atom stereocenters. The Hall–Kier alpha value is -1.40. The fraction of sp³-hybridized carbons (Fsp3) is 0.667. The first-order valence-electron chi connectivity index (χ1n) is 10.3. The maximum Gasteiger partial charge on any atom is 0.338 e. The average Bonchev–Trinajstić information content (AvgIpc) is 2.66. The summed E-state index contributed by atoms with van der Waals surface area (Å²) in [6.45, 7) is 4.62. The molecule has 5 nitrogen and oxygen atoms in total. The summed E-state index contributed by atoms with van der Waals surface area (Å²) >= 11 is 0. The Kier molecular flexibility index (Phi) is 12.0. The van der Waals surface area contributed by atoms with Crippen molar-refractivity contribution in [2.24, 2.45) is 0 Å². The predicted octanol–water partition coefficient (Wildman–Crippen LogP) is 5.06. The van der Waals surface area contributed by atoms with E-state index in [9.17, 15) is 13.2 Å². The van der Waals surface area contributed by atoms with E-state index in [0.29, 0.717) is 13.2 Å². The zero-order valence-electron chi connectivity index (χ0n) is 16.8. The largest absolute Gasteiger partial charge is 0.462 e. The third kappa shape index (κ3) is 9.91. The number of esters is 1. The summed E-state index contributed by atoms with van der Waals surface area (Å²) in [5.74, 6) is -0.473. The summed E-state index contributed by atoms with van der Waals surface area (Å²) in [6, 6.07) is 5.96. The van der Waals surface area contributed by atoms with Crippen molar-refractivity contribution < 1.29 is 17.9 Å². The van der Waals surface area contributed by atoms with Crippen molar-refractivity contribution in [3.8, 4) is 0 Å². The van der Waals surface area contributed by atoms with Crippen molar-refractivity contribution in [1.82, 2.24) is 4.72 Å². The molecule has 0 saturated carbocycles. The van der Waals surface area contributed by atoms with Crippen LogP contribution in [0.3, 0.4) is 0 Å². The maximum atomic E-state index is 12.1. The van der Waals surface area contributed by atoms with Crippen molar-refractivity contribution in [2.75, 3.05) is 13.2 Å². The van der Waals surface area contributed by atoms with Crippen molar-refractivity contribution in [3.63, 3.8) is 0 Å². The first kappa shape index (κ1) is 23.6. The third-order valence-corrected chi connectivity index (χ3v) is 5.99. The number of nitrogens with one attached hydrogen (secondary N) is 1. The van der Waals surface area contributed by atoms with Crippen molar-refractivity contribution in [1.29, 1.82) is 0 Å². The smallest absolute Gasteiger partial charge is 0.338 e. The van der Waals surface area contributed by atoms with Gasteiger partial charge in [0.05, 0.1) is 17.1 Å². The monoisotopic (exact) mass is 397 g/mol. The van der Waals surface area contributed by atoms with E-state index in [0.717, 1.165) is 12.8 Å². The lowest BCUT2D eigenvalue weighted by Crippen LogP contribution is -2.23. The molecule has 0 aliphatic rings. The Balaban J connectivity index is 2.22. The van der Waals surface area contributed by atoms with Gasteiger partial charge in [-0.2, -0.15) is 0 Å². The molecule has 1 rings (SSSR count). The number of carbonyl (C=O) groups excluding carboxylic acids is 1. The van der Waals surface area contributed by atoms with Gasteiger partial charge in [-0.05, 0) is 24.6 Å². The molecule has 0 saturated heterocycles. The molecule has 0 heterocycles. The molecule has 0 radical (unpaired) electrons. The van der Waals surface area contributed by atoms with Gasteiger partial charge in [-0.15, -0.1) is 0 Å². The molecule has 0 unspecified atom stereocenters. The van der Waals surface area contributed by atoms with Crippen LogP contribution >= 0.6 is 0 Å². The predicted molar refractivity (Wildman–Crippen MR) is 109 cm³/mol. The number of sulfonamides is 1. The molecule has 1 aromatic carbocycles. The SMILES string of the molecule is CCCCCCCCCCCCOC(=O)c1cccc(S(=O)(=O)NCC)c1. The molecule has 0 aliphatic heterocycles. The van der Waals surface area contributed by atoms with E-state index in [-0.39, 0.29) is 10.5 Å². The van der Waals surface area contributed by atoms with Gasteiger partial charge in [0.15, 0.2) is 0 Å². The highest BCUT2D eigenvalue weighted by molar-refractivity contribution is 7.89. The van der Waals surface area contributed by atoms with Gasteiger partial charge in [-0.3, -0.25) is 0 Å². The summed E-state index contributed by atoms with van der Waals surface area (Å²) < 4.78 is 31.7. The van der Waals surface area contributed by atoms with Gasteiger partial charge >= 0.3 is 5.97 Å². The van der Waals surface area contributed by atoms with E-state index >= 15 is 0 Å². The number of rotatable bonds is 15. The zero-order chi connectivity index (χ0) is 20.0. The van der Waals surface area contributed by atoms with E-state index in [1.807, 2.05) is 0 Å². The minimum atomic E-state index is -3.57. The summed E-state index contributed by atoms with van der Waals surface area (Å²) in [5.41, 5.74) is 0.265. The Morgan fingerprint density at radius 2 is 1.52 bits per heavy atom. The van der Waals surface area contributed by atoms with E-state index in [2.05, 4.69) is 11.6 Å². The number of carbonyl (C=O) groups is 1. The van der Waals surface area contributed by atoms with Crippen LogP contribution in [0.1, 0.15) is 88.4 Å². The molecule has 1 N–H and O–H groups in total. The molecule has 0 fully saturated rings. The highest BCUT2D eigenvalue weighted by Crippen LogP contribution is 2.13. The highest BCUT2D eigenvalue weighted by Gasteiger charge is 2.15. The molecular formula is C21H35NO4S. The number of unbranched alkanes of at least 4 members (excludes halogenated alkanes) is 9. The van der Waals surface area contributed by atoms with Gasteiger partial charge in [-0.1, -0.05) is 77.7 Å². The summed E-state index contributed by atoms with van der Waals surface area (Å²) in [6.07, 6.45) is 12.2. The summed E-state index contributed by atoms with van der Waals surface area (Å²) in [5, 5.41) is 0. The van der Waals surface area contributed by atoms with Gasteiger partial charge < -0.3 is 4.74 Å². The van der Waals surface area contributed by atoms with Crippen LogP contribution in [0.5, 0.6) is 0 Å². The zero-order valence-corrected chi connectivity index (χ0v) is 17.7. The Bertz CT molecular complexity index is 643. The molecule has 6 heteroatoms. The second-order valence-electron chi connectivity index (χ2n) is 6.85. The van der Waals surface area contributed by atoms with Gasteiger partial charge in [0.2, 0.25) is 10.0 Å². The molecule has 0 aromatic heterocycles. The average molecular weight is 398 g/mol. The normalized spacial score (nSPS) is 11.5. The van der Waals surface area contributed by atoms with Gasteiger partial charge in [0.1, 0.15) is 0 Å². The van der Waals surface area contributed by atoms with E-state index in [1.165, 1.54) is 63.5 Å². The van der Waals surface area contributed by atoms with Crippen LogP contribution in [-0.2, 0) is 14.8 Å². The first-order chi connectivity index (χ1) is 13.0. The lowest BCUT2D eigenvalue weighted by molar-refractivity contribution is 0.0497. The highest BCUT2D eigenvalue weighted by atomic mass is 32.2. The lowest BCUT2D eigenvalue weighted by Gasteiger charge is -2.08. The van der Waals surface area contributed by atoms with Gasteiger partial charge in [-0.25, -0.2) is 17.9 Å². The molecule has 0 spiro atoms. The quantitative estimate of drug-likeness (QED) is 0.331. The van der Waals surface area contributed by atoms with Crippen LogP contribution in [0.15, 0.2) is 29.2 Å². The molecule has 1 aromatic rings. The second kappa shape index (κ2) is 13.7. The molecule has 0 bridgehead atoms. The molecular weight excluding hydrogens is 362 g/mol. The molecule has 0 amide bonds. The minimum absolute atomic E-state index is 0.0812. The van der Waals surface area contributed by atoms with Crippen LogP contribution < -0.4 is 4.72 Å². The topological polar surface area (TPSA) is 72.5 Å². The fourth-order valence-electron chi connectivity index (χ4n) is 2.90. The number of hydrogen-bond donors (Lipinski definition) is 1. The Labute approximate surface area is 164 Å². The van der Waals surface area contributed by atoms with Crippen molar-refractivity contribution in [3.05, 3.63) is 29.8 Å². The second-order valence-corrected chi connectivity index (χ2v) is 8.61. The summed E-state index contributed by atoms with van der Waals surface area (Å²) in [4.78, 5) is 12.2. The Morgan fingerprint density at radius 3 is 2.11 bits per heavy atom. The van der Waals surface area contributed by atoms with Crippen LogP contribution in [0.4, 0.5) is 0 Å². The van der Waals surface area contributed by atoms with Crippen LogP contribution in [0, 0.1) is 0 Å². The Morgan fingerprint density at radius 1 is 0.926 bits per heavy atom. The number of benzene rings is 1. The van der Waals surface area contributed by atoms with E-state index in [1.54, 1.807) is 19.1 Å². The molecule has 0 aliphatic carbocycles. The van der Waals surface area contributed by atoms with Crippen LogP contribution in [-0.4, -0.2) is 27.5 Å². The minimum Gasteiger partial charge on any atom is -0.462 e. The standard InChI is InChI=1S/C21H35NO4S/c1-3-5-6-7-8-9-10-11-12-13-17-26-21(23)19-15-14-16-20(18-19)27(24,25)22-4-2/h14-16,18,22H,3-13,17H2,1-2H3. The number of hydrogen-bond acceptors (Lipinski definition) is 4. The van der Waals surface area contributed by atoms with Crippen molar-refractivity contribution >= 4 is 16.0 Å². The molecule has 154 valence electrons. The van der Waals surface area contributed by atoms with Crippen LogP contribution in [0.2, 0.25) is 0 Å². The summed E-state index contributed by atoms with van der Waals surface area (Å²) in [7, 11) is -3.57. The number of ether oxygens (including phenoxy) is 1. The van der Waals surface area contributed by atoms with Crippen molar-refractivity contribution in [2.45, 2.75) is 83.0 Å². The van der Waals surface area contributed by atoms with E-state index < -0.39 is 16.0 Å². The third-order valence-electron chi connectivity index (χ3n) is 4.45. The van der Waals surface area contributed by atoms with E-state index in [4.69, 9.17) is 4.74 Å². The molecule has 27 heavy (non-hydrogen) atoms. The maximum absolute atomic E-state index is 12.1. The van der Waals surface area contributed by atoms with Gasteiger partial charge in [0.25, 0.3) is 0 Å².